The third kappa shape index (κ3) is 2.57. The zero-order valence-corrected chi connectivity index (χ0v) is 11.3. The number of carbonyl (C=O) groups is 1. The summed E-state index contributed by atoms with van der Waals surface area (Å²) in [7, 11) is 1.77. The fraction of sp³-hybridized carbons (Fsp3) is 0.500. The van der Waals surface area contributed by atoms with Crippen molar-refractivity contribution in [3.8, 4) is 0 Å². The Morgan fingerprint density at radius 1 is 1.61 bits per heavy atom. The fourth-order valence-electron chi connectivity index (χ4n) is 2.08. The average Bonchev–Trinajstić information content (AvgIpc) is 2.83. The van der Waals surface area contributed by atoms with Crippen molar-refractivity contribution >= 4 is 23.6 Å². The van der Waals surface area contributed by atoms with Crippen LogP contribution in [0.5, 0.6) is 0 Å². The second-order valence-electron chi connectivity index (χ2n) is 4.58. The predicted molar refractivity (Wildman–Crippen MR) is 71.2 cm³/mol. The standard InChI is InChI=1S/C12H17ClN4O/c1-8-10(12(13)16(2)15-8)3-4-11(18)17-6-5-9(14)7-17/h3-4,9H,5-7,14H2,1-2H3/t9-/m0/s1. The Hall–Kier alpha value is -1.33. The maximum absolute atomic E-state index is 11.9. The van der Waals surface area contributed by atoms with E-state index < -0.39 is 0 Å². The molecule has 2 heterocycles. The van der Waals surface area contributed by atoms with E-state index in [0.29, 0.717) is 11.7 Å². The van der Waals surface area contributed by atoms with Crippen LogP contribution in [0.1, 0.15) is 17.7 Å². The Morgan fingerprint density at radius 3 is 2.83 bits per heavy atom. The van der Waals surface area contributed by atoms with Gasteiger partial charge in [0.2, 0.25) is 5.91 Å². The summed E-state index contributed by atoms with van der Waals surface area (Å²) in [6.07, 6.45) is 4.12. The molecule has 5 nitrogen and oxygen atoms in total. The van der Waals surface area contributed by atoms with E-state index in [2.05, 4.69) is 5.10 Å². The van der Waals surface area contributed by atoms with E-state index in [9.17, 15) is 4.79 Å². The largest absolute Gasteiger partial charge is 0.338 e. The van der Waals surface area contributed by atoms with Crippen LogP contribution in [-0.4, -0.2) is 39.7 Å². The summed E-state index contributed by atoms with van der Waals surface area (Å²) in [5, 5.41) is 4.72. The molecule has 1 saturated heterocycles. The first-order valence-electron chi connectivity index (χ1n) is 5.90. The first-order valence-corrected chi connectivity index (χ1v) is 6.28. The normalized spacial score (nSPS) is 20.0. The lowest BCUT2D eigenvalue weighted by molar-refractivity contribution is -0.124. The third-order valence-electron chi connectivity index (χ3n) is 3.13. The molecule has 0 bridgehead atoms. The lowest BCUT2D eigenvalue weighted by atomic mass is 10.2. The number of rotatable bonds is 2. The Morgan fingerprint density at radius 2 is 2.33 bits per heavy atom. The van der Waals surface area contributed by atoms with Crippen LogP contribution < -0.4 is 5.73 Å². The van der Waals surface area contributed by atoms with Gasteiger partial charge in [-0.25, -0.2) is 0 Å². The zero-order chi connectivity index (χ0) is 13.3. The maximum atomic E-state index is 11.9. The minimum atomic E-state index is -0.0257. The number of nitrogens with two attached hydrogens (primary N) is 1. The number of carbonyl (C=O) groups excluding carboxylic acids is 1. The quantitative estimate of drug-likeness (QED) is 0.813. The van der Waals surface area contributed by atoms with Gasteiger partial charge in [0.15, 0.2) is 0 Å². The summed E-state index contributed by atoms with van der Waals surface area (Å²) in [6, 6.07) is 0.103. The molecule has 1 fully saturated rings. The lowest BCUT2D eigenvalue weighted by Gasteiger charge is -2.12. The summed E-state index contributed by atoms with van der Waals surface area (Å²) in [5.74, 6) is -0.0257. The monoisotopic (exact) mass is 268 g/mol. The Bertz CT molecular complexity index is 495. The molecule has 1 amide bonds. The molecule has 0 aliphatic carbocycles. The van der Waals surface area contributed by atoms with E-state index in [1.165, 1.54) is 6.08 Å². The Labute approximate surface area is 111 Å². The highest BCUT2D eigenvalue weighted by molar-refractivity contribution is 6.31. The van der Waals surface area contributed by atoms with E-state index in [1.54, 1.807) is 22.7 Å². The van der Waals surface area contributed by atoms with Crippen LogP contribution in [0.25, 0.3) is 6.08 Å². The summed E-state index contributed by atoms with van der Waals surface area (Å²) < 4.78 is 1.59. The third-order valence-corrected chi connectivity index (χ3v) is 3.57. The number of aromatic nitrogens is 2. The topological polar surface area (TPSA) is 64.2 Å². The van der Waals surface area contributed by atoms with Crippen molar-refractivity contribution in [2.45, 2.75) is 19.4 Å². The molecule has 0 saturated carbocycles. The van der Waals surface area contributed by atoms with Gasteiger partial charge in [0.1, 0.15) is 5.15 Å². The van der Waals surface area contributed by atoms with Gasteiger partial charge >= 0.3 is 0 Å². The smallest absolute Gasteiger partial charge is 0.246 e. The van der Waals surface area contributed by atoms with Crippen molar-refractivity contribution in [2.24, 2.45) is 12.8 Å². The molecule has 2 rings (SSSR count). The number of aryl methyl sites for hydroxylation is 2. The van der Waals surface area contributed by atoms with E-state index in [-0.39, 0.29) is 11.9 Å². The number of nitrogens with zero attached hydrogens (tertiary/aromatic N) is 3. The van der Waals surface area contributed by atoms with Crippen molar-refractivity contribution < 1.29 is 4.79 Å². The number of halogens is 1. The maximum Gasteiger partial charge on any atom is 0.246 e. The molecule has 1 aromatic heterocycles. The fourth-order valence-corrected chi connectivity index (χ4v) is 2.32. The van der Waals surface area contributed by atoms with E-state index in [1.807, 2.05) is 6.92 Å². The molecule has 0 unspecified atom stereocenters. The van der Waals surface area contributed by atoms with E-state index >= 15 is 0 Å². The van der Waals surface area contributed by atoms with Crippen molar-refractivity contribution in [1.29, 1.82) is 0 Å². The second kappa shape index (κ2) is 5.12. The highest BCUT2D eigenvalue weighted by Crippen LogP contribution is 2.20. The Kier molecular flexibility index (Phi) is 3.73. The molecule has 98 valence electrons. The molecule has 1 aliphatic heterocycles. The van der Waals surface area contributed by atoms with Crippen LogP contribution in [-0.2, 0) is 11.8 Å². The van der Waals surface area contributed by atoms with Gasteiger partial charge in [-0.1, -0.05) is 11.6 Å². The summed E-state index contributed by atoms with van der Waals surface area (Å²) in [5.41, 5.74) is 7.37. The van der Waals surface area contributed by atoms with Gasteiger partial charge in [-0.05, 0) is 19.4 Å². The molecule has 1 aromatic rings. The molecule has 1 atom stereocenters. The molecule has 1 aliphatic rings. The van der Waals surface area contributed by atoms with E-state index in [0.717, 1.165) is 24.2 Å². The molecule has 0 aromatic carbocycles. The number of likely N-dealkylation sites (tertiary alicyclic amines) is 1. The first-order chi connectivity index (χ1) is 8.49. The summed E-state index contributed by atoms with van der Waals surface area (Å²) in [4.78, 5) is 13.7. The van der Waals surface area contributed by atoms with Gasteiger partial charge in [0.25, 0.3) is 0 Å². The van der Waals surface area contributed by atoms with Crippen LogP contribution in [0, 0.1) is 6.92 Å². The number of hydrogen-bond donors (Lipinski definition) is 1. The Balaban J connectivity index is 2.09. The van der Waals surface area contributed by atoms with Crippen molar-refractivity contribution in [3.05, 3.63) is 22.5 Å². The van der Waals surface area contributed by atoms with Gasteiger partial charge in [0.05, 0.1) is 5.69 Å². The van der Waals surface area contributed by atoms with Crippen LogP contribution in [0.2, 0.25) is 5.15 Å². The lowest BCUT2D eigenvalue weighted by Crippen LogP contribution is -2.30. The average molecular weight is 269 g/mol. The molecule has 2 N–H and O–H groups in total. The van der Waals surface area contributed by atoms with Gasteiger partial charge < -0.3 is 10.6 Å². The second-order valence-corrected chi connectivity index (χ2v) is 4.94. The summed E-state index contributed by atoms with van der Waals surface area (Å²) in [6.45, 7) is 3.22. The number of amides is 1. The van der Waals surface area contributed by atoms with Crippen LogP contribution in [0.4, 0.5) is 0 Å². The molecule has 18 heavy (non-hydrogen) atoms. The van der Waals surface area contributed by atoms with Crippen LogP contribution in [0.15, 0.2) is 6.08 Å². The van der Waals surface area contributed by atoms with Gasteiger partial charge in [-0.2, -0.15) is 5.10 Å². The minimum absolute atomic E-state index is 0.0257. The SMILES string of the molecule is Cc1nn(C)c(Cl)c1C=CC(=O)N1CC[C@H](N)C1. The minimum Gasteiger partial charge on any atom is -0.338 e. The van der Waals surface area contributed by atoms with Crippen molar-refractivity contribution in [2.75, 3.05) is 13.1 Å². The van der Waals surface area contributed by atoms with Crippen molar-refractivity contribution in [1.82, 2.24) is 14.7 Å². The summed E-state index contributed by atoms with van der Waals surface area (Å²) >= 11 is 6.08. The molecular weight excluding hydrogens is 252 g/mol. The van der Waals surface area contributed by atoms with Crippen LogP contribution in [0.3, 0.4) is 0 Å². The van der Waals surface area contributed by atoms with E-state index in [4.69, 9.17) is 17.3 Å². The highest BCUT2D eigenvalue weighted by atomic mass is 35.5. The predicted octanol–water partition coefficient (Wildman–Crippen LogP) is 0.955. The molecule has 0 spiro atoms. The molecular formula is C12H17ClN4O. The van der Waals surface area contributed by atoms with Crippen LogP contribution >= 0.6 is 11.6 Å². The van der Waals surface area contributed by atoms with Gasteiger partial charge in [0, 0.05) is 37.8 Å². The highest BCUT2D eigenvalue weighted by Gasteiger charge is 2.21. The van der Waals surface area contributed by atoms with Crippen molar-refractivity contribution in [3.63, 3.8) is 0 Å². The van der Waals surface area contributed by atoms with Gasteiger partial charge in [-0.15, -0.1) is 0 Å². The molecule has 0 radical (unpaired) electrons. The molecule has 6 heteroatoms. The van der Waals surface area contributed by atoms with Gasteiger partial charge in [-0.3, -0.25) is 9.48 Å². The first kappa shape index (κ1) is 13.1. The number of hydrogen-bond acceptors (Lipinski definition) is 3. The zero-order valence-electron chi connectivity index (χ0n) is 10.6.